The van der Waals surface area contributed by atoms with Gasteiger partial charge < -0.3 is 10.5 Å². The van der Waals surface area contributed by atoms with Crippen LogP contribution >= 0.6 is 11.3 Å². The van der Waals surface area contributed by atoms with Crippen LogP contribution in [0.2, 0.25) is 0 Å². The van der Waals surface area contributed by atoms with Crippen molar-refractivity contribution in [2.24, 2.45) is 5.73 Å². The van der Waals surface area contributed by atoms with Gasteiger partial charge in [0.25, 0.3) is 5.78 Å². The van der Waals surface area contributed by atoms with E-state index in [2.05, 4.69) is 4.74 Å². The molecule has 0 fully saturated rings. The Kier molecular flexibility index (Phi) is 3.99. The van der Waals surface area contributed by atoms with Crippen molar-refractivity contribution in [3.63, 3.8) is 0 Å². The van der Waals surface area contributed by atoms with Gasteiger partial charge in [0.05, 0.1) is 4.88 Å². The van der Waals surface area contributed by atoms with E-state index in [0.717, 1.165) is 6.07 Å². The molecule has 1 aromatic carbocycles. The topological polar surface area (TPSA) is 69.4 Å². The van der Waals surface area contributed by atoms with Crippen LogP contribution in [0.5, 0.6) is 5.75 Å². The molecule has 2 rings (SSSR count). The summed E-state index contributed by atoms with van der Waals surface area (Å²) in [4.78, 5) is 21.8. The zero-order valence-electron chi connectivity index (χ0n) is 10.3. The first-order valence-corrected chi connectivity index (χ1v) is 6.38. The highest BCUT2D eigenvalue weighted by atomic mass is 32.1. The number of nitrogens with two attached hydrogens (primary N) is 1. The third-order valence-electron chi connectivity index (χ3n) is 2.42. The monoisotopic (exact) mass is 315 g/mol. The lowest BCUT2D eigenvalue weighted by molar-refractivity contribution is -0.0882. The lowest BCUT2D eigenvalue weighted by Crippen LogP contribution is -2.21. The zero-order chi connectivity index (χ0) is 15.6. The number of thiophene rings is 1. The normalized spacial score (nSPS) is 11.2. The molecule has 21 heavy (non-hydrogen) atoms. The molecule has 0 spiro atoms. The van der Waals surface area contributed by atoms with Crippen molar-refractivity contribution in [2.45, 2.75) is 6.18 Å². The zero-order valence-corrected chi connectivity index (χ0v) is 11.1. The van der Waals surface area contributed by atoms with Crippen LogP contribution in [0.15, 0.2) is 36.4 Å². The van der Waals surface area contributed by atoms with Crippen molar-refractivity contribution in [3.8, 4) is 16.2 Å². The molecule has 8 heteroatoms. The van der Waals surface area contributed by atoms with E-state index in [0.29, 0.717) is 21.8 Å². The summed E-state index contributed by atoms with van der Waals surface area (Å²) >= 11 is 0.707. The van der Waals surface area contributed by atoms with Gasteiger partial charge in [-0.05, 0) is 29.8 Å². The SMILES string of the molecule is NC(=O)Oc1cccc(-c2ccc(C(=O)C(F)(F)F)s2)c1. The number of Topliss-reactive ketones (excluding diaryl/α,β-unsaturated/α-hetero) is 1. The molecule has 1 amide bonds. The fraction of sp³-hybridized carbons (Fsp3) is 0.0769. The molecule has 2 aromatic rings. The minimum absolute atomic E-state index is 0.164. The van der Waals surface area contributed by atoms with Crippen LogP contribution in [0.1, 0.15) is 9.67 Å². The molecule has 0 atom stereocenters. The van der Waals surface area contributed by atoms with Gasteiger partial charge in [-0.1, -0.05) is 12.1 Å². The predicted octanol–water partition coefficient (Wildman–Crippen LogP) is 3.62. The average molecular weight is 315 g/mol. The number of carbonyl (C=O) groups excluding carboxylic acids is 2. The van der Waals surface area contributed by atoms with Crippen molar-refractivity contribution in [3.05, 3.63) is 41.3 Å². The number of primary amides is 1. The summed E-state index contributed by atoms with van der Waals surface area (Å²) in [6.45, 7) is 0. The second kappa shape index (κ2) is 5.57. The summed E-state index contributed by atoms with van der Waals surface area (Å²) in [7, 11) is 0. The van der Waals surface area contributed by atoms with Gasteiger partial charge in [-0.15, -0.1) is 11.3 Å². The Labute approximate surface area is 120 Å². The van der Waals surface area contributed by atoms with Crippen LogP contribution in [0.25, 0.3) is 10.4 Å². The minimum Gasteiger partial charge on any atom is -0.410 e. The largest absolute Gasteiger partial charge is 0.455 e. The number of carbonyl (C=O) groups is 2. The van der Waals surface area contributed by atoms with Gasteiger partial charge in [-0.25, -0.2) is 4.79 Å². The van der Waals surface area contributed by atoms with E-state index in [4.69, 9.17) is 5.73 Å². The molecule has 1 aromatic heterocycles. The highest BCUT2D eigenvalue weighted by Gasteiger charge is 2.40. The van der Waals surface area contributed by atoms with Crippen LogP contribution in [0.3, 0.4) is 0 Å². The van der Waals surface area contributed by atoms with E-state index in [-0.39, 0.29) is 5.75 Å². The van der Waals surface area contributed by atoms with Crippen LogP contribution in [0, 0.1) is 0 Å². The lowest BCUT2D eigenvalue weighted by atomic mass is 10.2. The Balaban J connectivity index is 2.30. The number of alkyl halides is 3. The van der Waals surface area contributed by atoms with Crippen LogP contribution < -0.4 is 10.5 Å². The van der Waals surface area contributed by atoms with E-state index >= 15 is 0 Å². The van der Waals surface area contributed by atoms with Crippen LogP contribution in [0.4, 0.5) is 18.0 Å². The molecule has 0 aliphatic rings. The van der Waals surface area contributed by atoms with Crippen molar-refractivity contribution in [1.29, 1.82) is 0 Å². The summed E-state index contributed by atoms with van der Waals surface area (Å²) in [5, 5.41) is 0. The third-order valence-corrected chi connectivity index (χ3v) is 3.56. The molecule has 0 aliphatic heterocycles. The van der Waals surface area contributed by atoms with Gasteiger partial charge in [0.2, 0.25) is 0 Å². The fourth-order valence-electron chi connectivity index (χ4n) is 1.58. The number of ether oxygens (including phenoxy) is 1. The first-order valence-electron chi connectivity index (χ1n) is 5.56. The Hall–Kier alpha value is -2.35. The minimum atomic E-state index is -4.90. The number of ketones is 1. The van der Waals surface area contributed by atoms with E-state index < -0.39 is 22.9 Å². The van der Waals surface area contributed by atoms with Crippen molar-refractivity contribution >= 4 is 23.2 Å². The number of hydrogen-bond acceptors (Lipinski definition) is 4. The Morgan fingerprint density at radius 1 is 1.14 bits per heavy atom. The quantitative estimate of drug-likeness (QED) is 0.880. The van der Waals surface area contributed by atoms with E-state index in [1.165, 1.54) is 18.2 Å². The molecule has 1 heterocycles. The third kappa shape index (κ3) is 3.60. The summed E-state index contributed by atoms with van der Waals surface area (Å²) in [5.74, 6) is -1.72. The molecular formula is C13H8F3NO3S. The average Bonchev–Trinajstić information content (AvgIpc) is 2.85. The summed E-state index contributed by atoms with van der Waals surface area (Å²) < 4.78 is 41.7. The molecule has 0 aliphatic carbocycles. The maximum atomic E-state index is 12.3. The number of benzene rings is 1. The second-order valence-corrected chi connectivity index (χ2v) is 5.02. The van der Waals surface area contributed by atoms with Gasteiger partial charge in [0.1, 0.15) is 5.75 Å². The van der Waals surface area contributed by atoms with E-state index in [9.17, 15) is 22.8 Å². The maximum Gasteiger partial charge on any atom is 0.455 e. The van der Waals surface area contributed by atoms with Gasteiger partial charge >= 0.3 is 12.3 Å². The highest BCUT2D eigenvalue weighted by molar-refractivity contribution is 7.17. The van der Waals surface area contributed by atoms with E-state index in [1.807, 2.05) is 0 Å². The van der Waals surface area contributed by atoms with Gasteiger partial charge in [0, 0.05) is 4.88 Å². The molecule has 0 saturated heterocycles. The molecule has 110 valence electrons. The second-order valence-electron chi connectivity index (χ2n) is 3.94. The molecular weight excluding hydrogens is 307 g/mol. The van der Waals surface area contributed by atoms with Crippen LogP contribution in [-0.2, 0) is 0 Å². The van der Waals surface area contributed by atoms with Crippen molar-refractivity contribution < 1.29 is 27.5 Å². The summed E-state index contributed by atoms with van der Waals surface area (Å²) in [6, 6.07) is 8.59. The smallest absolute Gasteiger partial charge is 0.410 e. The summed E-state index contributed by atoms with van der Waals surface area (Å²) in [5.41, 5.74) is 5.39. The standard InChI is InChI=1S/C13H8F3NO3S/c14-13(15,16)11(18)10-5-4-9(21-10)7-2-1-3-8(6-7)20-12(17)19/h1-6H,(H2,17,19). The Bertz CT molecular complexity index is 694. The number of amides is 1. The van der Waals surface area contributed by atoms with Gasteiger partial charge in [0.15, 0.2) is 0 Å². The molecule has 0 unspecified atom stereocenters. The fourth-order valence-corrected chi connectivity index (χ4v) is 2.55. The number of halogens is 3. The van der Waals surface area contributed by atoms with Gasteiger partial charge in [-0.2, -0.15) is 13.2 Å². The predicted molar refractivity (Wildman–Crippen MR) is 70.4 cm³/mol. The molecule has 0 radical (unpaired) electrons. The highest BCUT2D eigenvalue weighted by Crippen LogP contribution is 2.33. The molecule has 0 bridgehead atoms. The first-order chi connectivity index (χ1) is 9.77. The number of rotatable bonds is 3. The molecule has 0 saturated carbocycles. The molecule has 2 N–H and O–H groups in total. The Morgan fingerprint density at radius 3 is 2.48 bits per heavy atom. The van der Waals surface area contributed by atoms with Crippen molar-refractivity contribution in [1.82, 2.24) is 0 Å². The van der Waals surface area contributed by atoms with Crippen molar-refractivity contribution in [2.75, 3.05) is 0 Å². The first kappa shape index (κ1) is 15.0. The maximum absolute atomic E-state index is 12.3. The van der Waals surface area contributed by atoms with Crippen LogP contribution in [-0.4, -0.2) is 18.1 Å². The number of hydrogen-bond donors (Lipinski definition) is 1. The van der Waals surface area contributed by atoms with Gasteiger partial charge in [-0.3, -0.25) is 4.79 Å². The molecule has 4 nitrogen and oxygen atoms in total. The Morgan fingerprint density at radius 2 is 1.86 bits per heavy atom. The lowest BCUT2D eigenvalue weighted by Gasteiger charge is -2.03. The van der Waals surface area contributed by atoms with E-state index in [1.54, 1.807) is 12.1 Å². The summed E-state index contributed by atoms with van der Waals surface area (Å²) in [6.07, 6.45) is -5.90.